The minimum absolute atomic E-state index is 0.505. The molecule has 0 bridgehead atoms. The molecule has 140 valence electrons. The Hall–Kier alpha value is -2.22. The Kier molecular flexibility index (Phi) is 6.04. The first-order valence-corrected chi connectivity index (χ1v) is 10.9. The predicted octanol–water partition coefficient (Wildman–Crippen LogP) is 6.85. The Labute approximate surface area is 183 Å². The Bertz CT molecular complexity index is 1070. The van der Waals surface area contributed by atoms with E-state index in [1.165, 1.54) is 0 Å². The number of benzene rings is 3. The largest absolute Gasteiger partial charge is 0.487 e. The van der Waals surface area contributed by atoms with Gasteiger partial charge in [-0.15, -0.1) is 0 Å². The molecular formula is C21H15Br2N3OS. The molecule has 0 saturated carbocycles. The molecule has 4 rings (SSSR count). The zero-order valence-corrected chi connectivity index (χ0v) is 18.6. The second-order valence-electron chi connectivity index (χ2n) is 5.94. The molecule has 3 aromatic carbocycles. The number of anilines is 1. The monoisotopic (exact) mass is 515 g/mol. The lowest BCUT2D eigenvalue weighted by Crippen LogP contribution is -1.98. The number of thiazole rings is 1. The van der Waals surface area contributed by atoms with E-state index in [9.17, 15) is 0 Å². The van der Waals surface area contributed by atoms with Gasteiger partial charge in [-0.1, -0.05) is 53.8 Å². The van der Waals surface area contributed by atoms with E-state index in [-0.39, 0.29) is 0 Å². The summed E-state index contributed by atoms with van der Waals surface area (Å²) in [5.41, 5.74) is 6.01. The van der Waals surface area contributed by atoms with Crippen molar-refractivity contribution in [1.82, 2.24) is 4.98 Å². The number of para-hydroxylation sites is 1. The minimum atomic E-state index is 0.505. The van der Waals surface area contributed by atoms with Gasteiger partial charge in [0.05, 0.1) is 25.4 Å². The number of halogens is 2. The molecule has 0 spiro atoms. The van der Waals surface area contributed by atoms with E-state index in [4.69, 9.17) is 4.74 Å². The Morgan fingerprint density at radius 2 is 1.71 bits per heavy atom. The zero-order chi connectivity index (χ0) is 19.3. The van der Waals surface area contributed by atoms with Gasteiger partial charge in [0.15, 0.2) is 0 Å². The summed E-state index contributed by atoms with van der Waals surface area (Å²) in [6.45, 7) is 0.505. The van der Waals surface area contributed by atoms with Gasteiger partial charge in [-0.05, 0) is 67.3 Å². The third-order valence-electron chi connectivity index (χ3n) is 3.91. The summed E-state index contributed by atoms with van der Waals surface area (Å²) in [6, 6.07) is 22.0. The first-order valence-electron chi connectivity index (χ1n) is 8.49. The van der Waals surface area contributed by atoms with Crippen LogP contribution in [0.15, 0.2) is 80.8 Å². The highest BCUT2D eigenvalue weighted by Crippen LogP contribution is 2.35. The van der Waals surface area contributed by atoms with Crippen molar-refractivity contribution >= 4 is 64.8 Å². The first kappa shape index (κ1) is 19.1. The Morgan fingerprint density at radius 3 is 2.46 bits per heavy atom. The molecule has 0 aliphatic carbocycles. The van der Waals surface area contributed by atoms with Crippen molar-refractivity contribution in [2.45, 2.75) is 6.61 Å². The number of hydrogen-bond donors (Lipinski definition) is 1. The van der Waals surface area contributed by atoms with Gasteiger partial charge in [0, 0.05) is 0 Å². The van der Waals surface area contributed by atoms with Crippen LogP contribution in [0.4, 0.5) is 5.13 Å². The molecule has 1 heterocycles. The quantitative estimate of drug-likeness (QED) is 0.225. The molecule has 0 aliphatic rings. The SMILES string of the molecule is Brc1cc(/C=N\Nc2nc3ccccc3s2)cc(Br)c1OCc1ccccc1. The van der Waals surface area contributed by atoms with Gasteiger partial charge >= 0.3 is 0 Å². The number of nitrogens with one attached hydrogen (secondary N) is 1. The number of fused-ring (bicyclic) bond motifs is 1. The van der Waals surface area contributed by atoms with Crippen LogP contribution in [-0.2, 0) is 6.61 Å². The van der Waals surface area contributed by atoms with Gasteiger partial charge in [0.1, 0.15) is 12.4 Å². The number of hydrazone groups is 1. The number of aromatic nitrogens is 1. The summed E-state index contributed by atoms with van der Waals surface area (Å²) in [4.78, 5) is 4.50. The third kappa shape index (κ3) is 4.60. The summed E-state index contributed by atoms with van der Waals surface area (Å²) in [6.07, 6.45) is 1.75. The fraction of sp³-hybridized carbons (Fsp3) is 0.0476. The van der Waals surface area contributed by atoms with Crippen LogP contribution in [0, 0.1) is 0 Å². The van der Waals surface area contributed by atoms with Crippen LogP contribution < -0.4 is 10.2 Å². The van der Waals surface area contributed by atoms with Gasteiger partial charge in [0.2, 0.25) is 5.13 Å². The van der Waals surface area contributed by atoms with Crippen molar-refractivity contribution in [2.24, 2.45) is 5.10 Å². The van der Waals surface area contributed by atoms with Crippen molar-refractivity contribution in [2.75, 3.05) is 5.43 Å². The van der Waals surface area contributed by atoms with Crippen LogP contribution in [0.25, 0.3) is 10.2 Å². The predicted molar refractivity (Wildman–Crippen MR) is 123 cm³/mol. The molecule has 4 aromatic rings. The first-order chi connectivity index (χ1) is 13.7. The fourth-order valence-electron chi connectivity index (χ4n) is 2.60. The number of rotatable bonds is 6. The van der Waals surface area contributed by atoms with E-state index < -0.39 is 0 Å². The van der Waals surface area contributed by atoms with Gasteiger partial charge in [-0.3, -0.25) is 5.43 Å². The zero-order valence-electron chi connectivity index (χ0n) is 14.6. The summed E-state index contributed by atoms with van der Waals surface area (Å²) >= 11 is 8.74. The summed E-state index contributed by atoms with van der Waals surface area (Å²) in [7, 11) is 0. The molecule has 1 aromatic heterocycles. The molecular weight excluding hydrogens is 502 g/mol. The van der Waals surface area contributed by atoms with Crippen molar-refractivity contribution in [3.8, 4) is 5.75 Å². The molecule has 0 radical (unpaired) electrons. The van der Waals surface area contributed by atoms with Crippen LogP contribution in [0.3, 0.4) is 0 Å². The van der Waals surface area contributed by atoms with Crippen molar-refractivity contribution in [3.05, 3.63) is 86.8 Å². The van der Waals surface area contributed by atoms with E-state index in [1.54, 1.807) is 17.6 Å². The average molecular weight is 517 g/mol. The van der Waals surface area contributed by atoms with Crippen LogP contribution in [0.1, 0.15) is 11.1 Å². The Morgan fingerprint density at radius 1 is 1.00 bits per heavy atom. The Balaban J connectivity index is 1.44. The van der Waals surface area contributed by atoms with E-state index >= 15 is 0 Å². The molecule has 0 fully saturated rings. The number of nitrogens with zero attached hydrogens (tertiary/aromatic N) is 2. The van der Waals surface area contributed by atoms with E-state index in [1.807, 2.05) is 66.7 Å². The van der Waals surface area contributed by atoms with Crippen LogP contribution in [0.2, 0.25) is 0 Å². The molecule has 7 heteroatoms. The molecule has 0 aliphatic heterocycles. The highest BCUT2D eigenvalue weighted by Gasteiger charge is 2.09. The molecule has 0 unspecified atom stereocenters. The van der Waals surface area contributed by atoms with Gasteiger partial charge in [-0.25, -0.2) is 4.98 Å². The van der Waals surface area contributed by atoms with E-state index in [2.05, 4.69) is 47.4 Å². The van der Waals surface area contributed by atoms with Gasteiger partial charge in [0.25, 0.3) is 0 Å². The normalized spacial score (nSPS) is 11.2. The highest BCUT2D eigenvalue weighted by molar-refractivity contribution is 9.11. The maximum absolute atomic E-state index is 5.95. The lowest BCUT2D eigenvalue weighted by molar-refractivity contribution is 0.302. The smallest absolute Gasteiger partial charge is 0.204 e. The van der Waals surface area contributed by atoms with Crippen LogP contribution in [-0.4, -0.2) is 11.2 Å². The molecule has 4 nitrogen and oxygen atoms in total. The van der Waals surface area contributed by atoms with Crippen LogP contribution in [0.5, 0.6) is 5.75 Å². The lowest BCUT2D eigenvalue weighted by atomic mass is 10.2. The number of ether oxygens (including phenoxy) is 1. The summed E-state index contributed by atoms with van der Waals surface area (Å²) in [5.74, 6) is 0.764. The van der Waals surface area contributed by atoms with E-state index in [0.717, 1.165) is 41.2 Å². The van der Waals surface area contributed by atoms with Crippen molar-refractivity contribution < 1.29 is 4.74 Å². The van der Waals surface area contributed by atoms with Gasteiger partial charge < -0.3 is 4.74 Å². The molecule has 1 N–H and O–H groups in total. The van der Waals surface area contributed by atoms with E-state index in [0.29, 0.717) is 6.61 Å². The standard InChI is InChI=1S/C21H15Br2N3OS/c22-16-10-15(11-17(23)20(16)27-13-14-6-2-1-3-7-14)12-24-26-21-25-18-8-4-5-9-19(18)28-21/h1-12H,13H2,(H,25,26)/b24-12-. The summed E-state index contributed by atoms with van der Waals surface area (Å²) in [5, 5.41) is 5.07. The van der Waals surface area contributed by atoms with Crippen LogP contribution >= 0.6 is 43.2 Å². The highest BCUT2D eigenvalue weighted by atomic mass is 79.9. The van der Waals surface area contributed by atoms with Crippen molar-refractivity contribution in [1.29, 1.82) is 0 Å². The fourth-order valence-corrected chi connectivity index (χ4v) is 4.87. The second kappa shape index (κ2) is 8.86. The minimum Gasteiger partial charge on any atom is -0.487 e. The summed E-state index contributed by atoms with van der Waals surface area (Å²) < 4.78 is 8.80. The second-order valence-corrected chi connectivity index (χ2v) is 8.68. The third-order valence-corrected chi connectivity index (χ3v) is 6.03. The maximum Gasteiger partial charge on any atom is 0.204 e. The topological polar surface area (TPSA) is 46.5 Å². The molecule has 0 amide bonds. The van der Waals surface area contributed by atoms with Crippen molar-refractivity contribution in [3.63, 3.8) is 0 Å². The lowest BCUT2D eigenvalue weighted by Gasteiger charge is -2.11. The molecule has 28 heavy (non-hydrogen) atoms. The van der Waals surface area contributed by atoms with Gasteiger partial charge in [-0.2, -0.15) is 5.10 Å². The molecule has 0 saturated heterocycles. The molecule has 0 atom stereocenters. The number of hydrogen-bond acceptors (Lipinski definition) is 5. The maximum atomic E-state index is 5.95. The average Bonchev–Trinajstić information content (AvgIpc) is 3.11.